The normalized spacial score (nSPS) is 10.4. The van der Waals surface area contributed by atoms with Gasteiger partial charge in [-0.1, -0.05) is 60.7 Å². The van der Waals surface area contributed by atoms with Crippen LogP contribution in [-0.4, -0.2) is 16.0 Å². The maximum Gasteiger partial charge on any atom is 0.238 e. The lowest BCUT2D eigenvalue weighted by molar-refractivity contribution is -0.120. The van der Waals surface area contributed by atoms with E-state index >= 15 is 0 Å². The number of thiocarbonyl (C=S) groups is 1. The van der Waals surface area contributed by atoms with Gasteiger partial charge in [0.1, 0.15) is 5.82 Å². The largest absolute Gasteiger partial charge is 0.317 e. The second kappa shape index (κ2) is 8.69. The van der Waals surface area contributed by atoms with Gasteiger partial charge in [0.15, 0.2) is 5.11 Å². The Morgan fingerprint density at radius 3 is 2.00 bits per heavy atom. The summed E-state index contributed by atoms with van der Waals surface area (Å²) in [6.45, 7) is 0. The van der Waals surface area contributed by atoms with Crippen molar-refractivity contribution >= 4 is 45.0 Å². The standard InChI is InChI=1S/C20H16BrN3OS/c21-16-11-12-17(22-13-16)23-20(26)24-19(25)18(14-7-3-1-4-8-14)15-9-5-2-6-10-15/h1-13,18H,(H2,22,23,24,25,26). The minimum Gasteiger partial charge on any atom is -0.317 e. The smallest absolute Gasteiger partial charge is 0.238 e. The number of carbonyl (C=O) groups is 1. The number of nitrogens with one attached hydrogen (secondary N) is 2. The van der Waals surface area contributed by atoms with E-state index < -0.39 is 5.92 Å². The Hall–Kier alpha value is -2.57. The molecule has 4 nitrogen and oxygen atoms in total. The van der Waals surface area contributed by atoms with Crippen LogP contribution in [-0.2, 0) is 4.79 Å². The molecule has 0 aliphatic carbocycles. The number of aromatic nitrogens is 1. The Bertz CT molecular complexity index is 846. The van der Waals surface area contributed by atoms with Crippen molar-refractivity contribution in [3.63, 3.8) is 0 Å². The number of hydrogen-bond acceptors (Lipinski definition) is 3. The van der Waals surface area contributed by atoms with Crippen LogP contribution in [0.3, 0.4) is 0 Å². The van der Waals surface area contributed by atoms with Crippen molar-refractivity contribution in [2.75, 3.05) is 5.32 Å². The lowest BCUT2D eigenvalue weighted by Gasteiger charge is -2.18. The van der Waals surface area contributed by atoms with Gasteiger partial charge in [0.2, 0.25) is 5.91 Å². The van der Waals surface area contributed by atoms with Gasteiger partial charge in [0.05, 0.1) is 5.92 Å². The zero-order valence-corrected chi connectivity index (χ0v) is 16.1. The summed E-state index contributed by atoms with van der Waals surface area (Å²) in [5.74, 6) is -0.0819. The number of carbonyl (C=O) groups excluding carboxylic acids is 1. The molecule has 3 rings (SSSR count). The van der Waals surface area contributed by atoms with Crippen molar-refractivity contribution in [1.29, 1.82) is 0 Å². The molecule has 0 saturated carbocycles. The van der Waals surface area contributed by atoms with Gasteiger partial charge < -0.3 is 10.6 Å². The van der Waals surface area contributed by atoms with Crippen LogP contribution in [0.1, 0.15) is 17.0 Å². The van der Waals surface area contributed by atoms with E-state index in [1.165, 1.54) is 0 Å². The second-order valence-electron chi connectivity index (χ2n) is 5.56. The van der Waals surface area contributed by atoms with Crippen molar-refractivity contribution in [2.24, 2.45) is 0 Å². The summed E-state index contributed by atoms with van der Waals surface area (Å²) < 4.78 is 0.867. The van der Waals surface area contributed by atoms with Crippen LogP contribution in [0.2, 0.25) is 0 Å². The maximum atomic E-state index is 12.9. The number of pyridine rings is 1. The van der Waals surface area contributed by atoms with Crippen LogP contribution in [0.4, 0.5) is 5.82 Å². The fraction of sp³-hybridized carbons (Fsp3) is 0.0500. The summed E-state index contributed by atoms with van der Waals surface area (Å²) in [5, 5.41) is 5.91. The van der Waals surface area contributed by atoms with Crippen molar-refractivity contribution in [1.82, 2.24) is 10.3 Å². The quantitative estimate of drug-likeness (QED) is 0.604. The van der Waals surface area contributed by atoms with E-state index in [4.69, 9.17) is 12.2 Å². The zero-order chi connectivity index (χ0) is 18.4. The van der Waals surface area contributed by atoms with Crippen LogP contribution in [0.5, 0.6) is 0 Å². The molecule has 0 fully saturated rings. The van der Waals surface area contributed by atoms with Gasteiger partial charge in [-0.2, -0.15) is 0 Å². The van der Waals surface area contributed by atoms with E-state index in [1.807, 2.05) is 66.7 Å². The Labute approximate surface area is 165 Å². The van der Waals surface area contributed by atoms with Crippen LogP contribution < -0.4 is 10.6 Å². The van der Waals surface area contributed by atoms with E-state index in [-0.39, 0.29) is 11.0 Å². The highest BCUT2D eigenvalue weighted by atomic mass is 79.9. The molecule has 2 N–H and O–H groups in total. The lowest BCUT2D eigenvalue weighted by atomic mass is 9.90. The van der Waals surface area contributed by atoms with Gasteiger partial charge in [-0.25, -0.2) is 4.98 Å². The molecule has 1 aromatic heterocycles. The molecule has 3 aromatic rings. The molecule has 26 heavy (non-hydrogen) atoms. The molecule has 1 amide bonds. The molecule has 0 aliphatic heterocycles. The molecular weight excluding hydrogens is 410 g/mol. The molecule has 6 heteroatoms. The van der Waals surface area contributed by atoms with E-state index in [0.717, 1.165) is 15.6 Å². The fourth-order valence-electron chi connectivity index (χ4n) is 2.57. The summed E-state index contributed by atoms with van der Waals surface area (Å²) in [7, 11) is 0. The van der Waals surface area contributed by atoms with Gasteiger partial charge in [0.25, 0.3) is 0 Å². The first-order valence-corrected chi connectivity index (χ1v) is 9.17. The summed E-state index contributed by atoms with van der Waals surface area (Å²) in [6.07, 6.45) is 1.66. The van der Waals surface area contributed by atoms with Gasteiger partial charge in [-0.05, 0) is 51.4 Å². The number of rotatable bonds is 4. The van der Waals surface area contributed by atoms with Crippen molar-refractivity contribution < 1.29 is 4.79 Å². The number of benzene rings is 2. The third-order valence-electron chi connectivity index (χ3n) is 3.73. The maximum absolute atomic E-state index is 12.9. The summed E-state index contributed by atoms with van der Waals surface area (Å²) in [4.78, 5) is 17.1. The van der Waals surface area contributed by atoms with Gasteiger partial charge in [-0.3, -0.25) is 4.79 Å². The minimum atomic E-state index is -0.449. The molecular formula is C20H16BrN3OS. The average Bonchev–Trinajstić information content (AvgIpc) is 2.65. The van der Waals surface area contributed by atoms with Gasteiger partial charge in [0, 0.05) is 10.7 Å². The molecule has 0 spiro atoms. The number of anilines is 1. The highest BCUT2D eigenvalue weighted by Gasteiger charge is 2.23. The summed E-state index contributed by atoms with van der Waals surface area (Å²) in [5.41, 5.74) is 1.81. The van der Waals surface area contributed by atoms with E-state index in [9.17, 15) is 4.79 Å². The monoisotopic (exact) mass is 425 g/mol. The van der Waals surface area contributed by atoms with Crippen LogP contribution in [0.15, 0.2) is 83.5 Å². The van der Waals surface area contributed by atoms with Crippen LogP contribution in [0, 0.1) is 0 Å². The molecule has 0 aliphatic rings. The van der Waals surface area contributed by atoms with Crippen LogP contribution in [0.25, 0.3) is 0 Å². The highest BCUT2D eigenvalue weighted by Crippen LogP contribution is 2.24. The Kier molecular flexibility index (Phi) is 6.09. The first-order valence-electron chi connectivity index (χ1n) is 7.97. The van der Waals surface area contributed by atoms with Crippen LogP contribution >= 0.6 is 28.1 Å². The third kappa shape index (κ3) is 4.74. The lowest BCUT2D eigenvalue weighted by Crippen LogP contribution is -2.38. The van der Waals surface area contributed by atoms with Crippen molar-refractivity contribution in [3.05, 3.63) is 94.6 Å². The number of halogens is 1. The fourth-order valence-corrected chi connectivity index (χ4v) is 3.01. The number of nitrogens with zero attached hydrogens (tertiary/aromatic N) is 1. The number of hydrogen-bond donors (Lipinski definition) is 2. The summed E-state index contributed by atoms with van der Waals surface area (Å²) in [6, 6.07) is 22.9. The molecule has 2 aromatic carbocycles. The topological polar surface area (TPSA) is 54.0 Å². The minimum absolute atomic E-state index is 0.197. The number of amides is 1. The zero-order valence-electron chi connectivity index (χ0n) is 13.7. The van der Waals surface area contributed by atoms with Crippen molar-refractivity contribution in [2.45, 2.75) is 5.92 Å². The Morgan fingerprint density at radius 2 is 1.50 bits per heavy atom. The predicted octanol–water partition coefficient (Wildman–Crippen LogP) is 4.49. The Balaban J connectivity index is 1.77. The first-order chi connectivity index (χ1) is 12.6. The van der Waals surface area contributed by atoms with Gasteiger partial charge in [-0.15, -0.1) is 0 Å². The highest BCUT2D eigenvalue weighted by molar-refractivity contribution is 9.10. The summed E-state index contributed by atoms with van der Waals surface area (Å²) >= 11 is 8.60. The Morgan fingerprint density at radius 1 is 0.923 bits per heavy atom. The molecule has 0 radical (unpaired) electrons. The van der Waals surface area contributed by atoms with Gasteiger partial charge >= 0.3 is 0 Å². The van der Waals surface area contributed by atoms with E-state index in [1.54, 1.807) is 12.3 Å². The molecule has 0 atom stereocenters. The van der Waals surface area contributed by atoms with E-state index in [2.05, 4.69) is 31.5 Å². The SMILES string of the molecule is O=C(NC(=S)Nc1ccc(Br)cn1)C(c1ccccc1)c1ccccc1. The molecule has 0 unspecified atom stereocenters. The third-order valence-corrected chi connectivity index (χ3v) is 4.41. The molecule has 0 saturated heterocycles. The average molecular weight is 426 g/mol. The van der Waals surface area contributed by atoms with E-state index in [0.29, 0.717) is 5.82 Å². The molecule has 1 heterocycles. The second-order valence-corrected chi connectivity index (χ2v) is 6.88. The van der Waals surface area contributed by atoms with Crippen molar-refractivity contribution in [3.8, 4) is 0 Å². The molecule has 0 bridgehead atoms. The predicted molar refractivity (Wildman–Crippen MR) is 111 cm³/mol. The first kappa shape index (κ1) is 18.2. The molecule has 130 valence electrons.